The van der Waals surface area contributed by atoms with Gasteiger partial charge in [0.25, 0.3) is 5.91 Å². The fourth-order valence-electron chi connectivity index (χ4n) is 1.40. The first-order valence-corrected chi connectivity index (χ1v) is 6.75. The third-order valence-corrected chi connectivity index (χ3v) is 3.38. The highest BCUT2D eigenvalue weighted by Gasteiger charge is 2.17. The maximum Gasteiger partial charge on any atom is 0.270 e. The molecule has 1 rings (SSSR count). The minimum Gasteiger partial charge on any atom is -0.348 e. The van der Waals surface area contributed by atoms with Gasteiger partial charge in [0.2, 0.25) is 0 Å². The molecule has 1 N–H and O–H groups in total. The lowest BCUT2D eigenvalue weighted by atomic mass is 10.0. The van der Waals surface area contributed by atoms with Gasteiger partial charge in [-0.2, -0.15) is 0 Å². The molecule has 1 heterocycles. The molecule has 5 heteroatoms. The predicted octanol–water partition coefficient (Wildman–Crippen LogP) is 2.83. The molecule has 16 heavy (non-hydrogen) atoms. The Bertz CT molecular complexity index is 352. The van der Waals surface area contributed by atoms with Crippen molar-refractivity contribution in [2.24, 2.45) is 5.92 Å². The maximum absolute atomic E-state index is 11.8. The number of rotatable bonds is 5. The minimum absolute atomic E-state index is 0.104. The van der Waals surface area contributed by atoms with Gasteiger partial charge in [-0.15, -0.1) is 22.9 Å². The molecule has 1 atom stereocenters. The van der Waals surface area contributed by atoms with Crippen molar-refractivity contribution in [3.63, 3.8) is 0 Å². The summed E-state index contributed by atoms with van der Waals surface area (Å²) in [6, 6.07) is 0.118. The molecule has 0 aliphatic rings. The molecule has 0 aliphatic heterocycles. The number of alkyl halides is 1. The number of halogens is 1. The first-order valence-electron chi connectivity index (χ1n) is 5.33. The summed E-state index contributed by atoms with van der Waals surface area (Å²) in [7, 11) is 0. The fraction of sp³-hybridized carbons (Fsp3) is 0.636. The van der Waals surface area contributed by atoms with Crippen LogP contribution in [0.2, 0.25) is 0 Å². The van der Waals surface area contributed by atoms with Crippen LogP contribution < -0.4 is 5.32 Å². The Morgan fingerprint density at radius 3 is 2.75 bits per heavy atom. The van der Waals surface area contributed by atoms with E-state index in [0.717, 1.165) is 11.4 Å². The van der Waals surface area contributed by atoms with Gasteiger partial charge in [-0.05, 0) is 19.3 Å². The Hall–Kier alpha value is -0.610. The molecule has 1 unspecified atom stereocenters. The van der Waals surface area contributed by atoms with Crippen molar-refractivity contribution >= 4 is 28.8 Å². The van der Waals surface area contributed by atoms with Crippen molar-refractivity contribution in [3.8, 4) is 0 Å². The number of hydrogen-bond acceptors (Lipinski definition) is 3. The number of carbonyl (C=O) groups excluding carboxylic acids is 1. The van der Waals surface area contributed by atoms with Crippen molar-refractivity contribution in [2.75, 3.05) is 5.88 Å². The summed E-state index contributed by atoms with van der Waals surface area (Å²) < 4.78 is 0. The van der Waals surface area contributed by atoms with Crippen LogP contribution in [0, 0.1) is 12.8 Å². The smallest absolute Gasteiger partial charge is 0.270 e. The average Bonchev–Trinajstić information content (AvgIpc) is 2.64. The number of nitrogens with one attached hydrogen (secondary N) is 1. The topological polar surface area (TPSA) is 42.0 Å². The zero-order chi connectivity index (χ0) is 12.1. The Labute approximate surface area is 105 Å². The van der Waals surface area contributed by atoms with E-state index >= 15 is 0 Å². The molecular formula is C11H17ClN2OS. The van der Waals surface area contributed by atoms with E-state index in [4.69, 9.17) is 11.6 Å². The van der Waals surface area contributed by atoms with Crippen LogP contribution in [0.3, 0.4) is 0 Å². The highest BCUT2D eigenvalue weighted by Crippen LogP contribution is 2.11. The van der Waals surface area contributed by atoms with E-state index < -0.39 is 0 Å². The Morgan fingerprint density at radius 1 is 1.62 bits per heavy atom. The second-order valence-electron chi connectivity index (χ2n) is 4.05. The van der Waals surface area contributed by atoms with Gasteiger partial charge in [-0.3, -0.25) is 4.79 Å². The first-order chi connectivity index (χ1) is 7.54. The van der Waals surface area contributed by atoms with Crippen LogP contribution in [0.1, 0.15) is 35.8 Å². The lowest BCUT2D eigenvalue weighted by Gasteiger charge is -2.20. The van der Waals surface area contributed by atoms with Gasteiger partial charge in [0.05, 0.1) is 5.01 Å². The SMILES string of the molecule is Cc1nc(C(=O)NC(CCCl)C(C)C)cs1. The van der Waals surface area contributed by atoms with Crippen LogP contribution in [0.15, 0.2) is 5.38 Å². The highest BCUT2D eigenvalue weighted by atomic mass is 35.5. The summed E-state index contributed by atoms with van der Waals surface area (Å²) >= 11 is 7.19. The molecule has 0 spiro atoms. The zero-order valence-electron chi connectivity index (χ0n) is 9.79. The number of nitrogens with zero attached hydrogens (tertiary/aromatic N) is 1. The molecule has 0 fully saturated rings. The molecule has 90 valence electrons. The van der Waals surface area contributed by atoms with Crippen LogP contribution >= 0.6 is 22.9 Å². The number of carbonyl (C=O) groups is 1. The van der Waals surface area contributed by atoms with E-state index in [1.165, 1.54) is 11.3 Å². The van der Waals surface area contributed by atoms with Crippen molar-refractivity contribution < 1.29 is 4.79 Å². The molecule has 0 saturated heterocycles. The van der Waals surface area contributed by atoms with Gasteiger partial charge in [0, 0.05) is 17.3 Å². The molecule has 1 aromatic rings. The Balaban J connectivity index is 2.61. The summed E-state index contributed by atoms with van der Waals surface area (Å²) in [5.74, 6) is 0.828. The molecule has 0 aliphatic carbocycles. The standard InChI is InChI=1S/C11H17ClN2OS/c1-7(2)9(4-5-12)14-11(15)10-6-16-8(3)13-10/h6-7,9H,4-5H2,1-3H3,(H,14,15). The number of hydrogen-bond donors (Lipinski definition) is 1. The van der Waals surface area contributed by atoms with Crippen LogP contribution in [0.5, 0.6) is 0 Å². The largest absolute Gasteiger partial charge is 0.348 e. The summed E-state index contributed by atoms with van der Waals surface area (Å²) in [6.45, 7) is 6.04. The molecule has 0 aromatic carbocycles. The molecule has 1 aromatic heterocycles. The van der Waals surface area contributed by atoms with E-state index in [2.05, 4.69) is 24.1 Å². The number of aromatic nitrogens is 1. The van der Waals surface area contributed by atoms with Crippen LogP contribution in [0.4, 0.5) is 0 Å². The van der Waals surface area contributed by atoms with Crippen LogP contribution in [-0.2, 0) is 0 Å². The third-order valence-electron chi connectivity index (χ3n) is 2.39. The quantitative estimate of drug-likeness (QED) is 0.828. The summed E-state index contributed by atoms with van der Waals surface area (Å²) in [4.78, 5) is 16.0. The second kappa shape index (κ2) is 6.21. The normalized spacial score (nSPS) is 12.8. The zero-order valence-corrected chi connectivity index (χ0v) is 11.4. The van der Waals surface area contributed by atoms with E-state index in [1.807, 2.05) is 6.92 Å². The number of aryl methyl sites for hydroxylation is 1. The van der Waals surface area contributed by atoms with Crippen molar-refractivity contribution in [3.05, 3.63) is 16.1 Å². The fourth-order valence-corrected chi connectivity index (χ4v) is 2.23. The van der Waals surface area contributed by atoms with E-state index in [1.54, 1.807) is 5.38 Å². The number of thiazole rings is 1. The summed E-state index contributed by atoms with van der Waals surface area (Å²) in [5.41, 5.74) is 0.503. The van der Waals surface area contributed by atoms with Gasteiger partial charge in [0.1, 0.15) is 5.69 Å². The van der Waals surface area contributed by atoms with Crippen molar-refractivity contribution in [2.45, 2.75) is 33.2 Å². The van der Waals surface area contributed by atoms with Gasteiger partial charge < -0.3 is 5.32 Å². The lowest BCUT2D eigenvalue weighted by Crippen LogP contribution is -2.39. The van der Waals surface area contributed by atoms with Gasteiger partial charge >= 0.3 is 0 Å². The monoisotopic (exact) mass is 260 g/mol. The summed E-state index contributed by atoms with van der Waals surface area (Å²) in [6.07, 6.45) is 0.786. The van der Waals surface area contributed by atoms with Crippen molar-refractivity contribution in [1.82, 2.24) is 10.3 Å². The predicted molar refractivity (Wildman–Crippen MR) is 68.3 cm³/mol. The molecule has 1 amide bonds. The van der Waals surface area contributed by atoms with Gasteiger partial charge in [0.15, 0.2) is 0 Å². The number of amides is 1. The van der Waals surface area contributed by atoms with E-state index in [9.17, 15) is 4.79 Å². The Morgan fingerprint density at radius 2 is 2.31 bits per heavy atom. The molecule has 3 nitrogen and oxygen atoms in total. The van der Waals surface area contributed by atoms with Crippen molar-refractivity contribution in [1.29, 1.82) is 0 Å². The average molecular weight is 261 g/mol. The lowest BCUT2D eigenvalue weighted by molar-refractivity contribution is 0.0920. The van der Waals surface area contributed by atoms with Crippen LogP contribution in [-0.4, -0.2) is 22.8 Å². The van der Waals surface area contributed by atoms with Gasteiger partial charge in [-0.1, -0.05) is 13.8 Å². The Kier molecular flexibility index (Phi) is 5.22. The van der Waals surface area contributed by atoms with E-state index in [0.29, 0.717) is 17.5 Å². The third kappa shape index (κ3) is 3.76. The highest BCUT2D eigenvalue weighted by molar-refractivity contribution is 7.09. The first kappa shape index (κ1) is 13.5. The van der Waals surface area contributed by atoms with E-state index in [-0.39, 0.29) is 11.9 Å². The molecule has 0 saturated carbocycles. The van der Waals surface area contributed by atoms with Crippen LogP contribution in [0.25, 0.3) is 0 Å². The van der Waals surface area contributed by atoms with Gasteiger partial charge in [-0.25, -0.2) is 4.98 Å². The summed E-state index contributed by atoms with van der Waals surface area (Å²) in [5, 5.41) is 5.65. The molecular weight excluding hydrogens is 244 g/mol. The molecule has 0 bridgehead atoms. The maximum atomic E-state index is 11.8. The minimum atomic E-state index is -0.104. The molecule has 0 radical (unpaired) electrons. The second-order valence-corrected chi connectivity index (χ2v) is 5.49.